The van der Waals surface area contributed by atoms with E-state index in [4.69, 9.17) is 0 Å². The number of nitrogens with zero attached hydrogens (tertiary/aromatic N) is 4. The Morgan fingerprint density at radius 1 is 1.33 bits per heavy atom. The van der Waals surface area contributed by atoms with Gasteiger partial charge in [0.1, 0.15) is 0 Å². The van der Waals surface area contributed by atoms with Crippen LogP contribution in [0.5, 0.6) is 0 Å². The van der Waals surface area contributed by atoms with Gasteiger partial charge in [0, 0.05) is 49.3 Å². The molecule has 0 radical (unpaired) electrons. The Morgan fingerprint density at radius 2 is 2.14 bits per heavy atom. The van der Waals surface area contributed by atoms with E-state index in [0.29, 0.717) is 6.04 Å². The highest BCUT2D eigenvalue weighted by atomic mass is 15.3. The van der Waals surface area contributed by atoms with Gasteiger partial charge in [-0.3, -0.25) is 4.90 Å². The lowest BCUT2D eigenvalue weighted by molar-refractivity contribution is 0.148. The number of hydrogen-bond donors (Lipinski definition) is 1. The van der Waals surface area contributed by atoms with E-state index >= 15 is 0 Å². The maximum Gasteiger partial charge on any atom is 0.157 e. The molecule has 1 saturated heterocycles. The fraction of sp³-hybridized carbons (Fsp3) is 0.625. The Morgan fingerprint density at radius 3 is 2.86 bits per heavy atom. The quantitative estimate of drug-likeness (QED) is 0.940. The average Bonchev–Trinajstić information content (AvgIpc) is 2.80. The van der Waals surface area contributed by atoms with Gasteiger partial charge in [-0.05, 0) is 39.3 Å². The number of nitrogens with one attached hydrogen (secondary N) is 1. The predicted molar refractivity (Wildman–Crippen MR) is 85.3 cm³/mol. The van der Waals surface area contributed by atoms with Gasteiger partial charge in [0.2, 0.25) is 0 Å². The van der Waals surface area contributed by atoms with Crippen molar-refractivity contribution in [3.05, 3.63) is 24.0 Å². The van der Waals surface area contributed by atoms with Crippen LogP contribution in [0.15, 0.2) is 18.5 Å². The topological polar surface area (TPSA) is 46.0 Å². The highest BCUT2D eigenvalue weighted by Crippen LogP contribution is 2.19. The summed E-state index contributed by atoms with van der Waals surface area (Å²) in [6.07, 6.45) is 3.92. The van der Waals surface area contributed by atoms with Crippen LogP contribution in [0.4, 0.5) is 0 Å². The van der Waals surface area contributed by atoms with Crippen LogP contribution in [0.25, 0.3) is 11.0 Å². The first-order chi connectivity index (χ1) is 9.94. The first-order valence-electron chi connectivity index (χ1n) is 7.74. The van der Waals surface area contributed by atoms with Crippen LogP contribution >= 0.6 is 0 Å². The zero-order chi connectivity index (χ0) is 15.0. The van der Waals surface area contributed by atoms with Crippen molar-refractivity contribution in [2.75, 3.05) is 19.6 Å². The van der Waals surface area contributed by atoms with Crippen molar-refractivity contribution in [2.24, 2.45) is 0 Å². The van der Waals surface area contributed by atoms with Crippen LogP contribution in [0.2, 0.25) is 0 Å². The summed E-state index contributed by atoms with van der Waals surface area (Å²) < 4.78 is 1.98. The molecule has 5 heteroatoms. The van der Waals surface area contributed by atoms with Crippen LogP contribution in [0.3, 0.4) is 0 Å². The molecule has 0 atom stereocenters. The number of pyridine rings is 1. The van der Waals surface area contributed by atoms with Crippen molar-refractivity contribution < 1.29 is 0 Å². The molecule has 0 aliphatic carbocycles. The Hall–Kier alpha value is -1.46. The summed E-state index contributed by atoms with van der Waals surface area (Å²) in [5.74, 6) is 0. The Labute approximate surface area is 126 Å². The fourth-order valence-electron chi connectivity index (χ4n) is 3.09. The van der Waals surface area contributed by atoms with Crippen molar-refractivity contribution in [3.8, 4) is 0 Å². The summed E-state index contributed by atoms with van der Waals surface area (Å²) in [5, 5.41) is 9.12. The van der Waals surface area contributed by atoms with Crippen LogP contribution < -0.4 is 5.32 Å². The van der Waals surface area contributed by atoms with Gasteiger partial charge in [0.25, 0.3) is 0 Å². The predicted octanol–water partition coefficient (Wildman–Crippen LogP) is 2.20. The Kier molecular flexibility index (Phi) is 3.71. The van der Waals surface area contributed by atoms with E-state index < -0.39 is 0 Å². The average molecular weight is 287 g/mol. The third kappa shape index (κ3) is 3.09. The van der Waals surface area contributed by atoms with Crippen LogP contribution in [-0.2, 0) is 6.54 Å². The van der Waals surface area contributed by atoms with Gasteiger partial charge in [0.15, 0.2) is 5.65 Å². The summed E-state index contributed by atoms with van der Waals surface area (Å²) in [7, 11) is 0. The minimum atomic E-state index is 0.193. The van der Waals surface area contributed by atoms with Gasteiger partial charge in [-0.15, -0.1) is 0 Å². The zero-order valence-electron chi connectivity index (χ0n) is 13.4. The minimum absolute atomic E-state index is 0.193. The van der Waals surface area contributed by atoms with Gasteiger partial charge in [-0.2, -0.15) is 5.10 Å². The molecule has 0 unspecified atom stereocenters. The maximum atomic E-state index is 4.62. The lowest BCUT2D eigenvalue weighted by Gasteiger charge is -2.39. The smallest absolute Gasteiger partial charge is 0.157 e. The van der Waals surface area contributed by atoms with Crippen LogP contribution in [0, 0.1) is 0 Å². The summed E-state index contributed by atoms with van der Waals surface area (Å²) in [5.41, 5.74) is 2.44. The molecule has 2 aromatic heterocycles. The molecule has 114 valence electrons. The van der Waals surface area contributed by atoms with E-state index in [1.54, 1.807) is 0 Å². The van der Waals surface area contributed by atoms with Gasteiger partial charge in [0.05, 0.1) is 6.20 Å². The molecular weight excluding hydrogens is 262 g/mol. The lowest BCUT2D eigenvalue weighted by atomic mass is 10.0. The number of piperazine rings is 1. The van der Waals surface area contributed by atoms with E-state index in [-0.39, 0.29) is 5.54 Å². The van der Waals surface area contributed by atoms with Crippen molar-refractivity contribution in [2.45, 2.75) is 45.8 Å². The molecule has 0 spiro atoms. The summed E-state index contributed by atoms with van der Waals surface area (Å²) >= 11 is 0. The fourth-order valence-corrected chi connectivity index (χ4v) is 3.09. The molecule has 1 N–H and O–H groups in total. The number of hydrogen-bond acceptors (Lipinski definition) is 4. The second-order valence-electron chi connectivity index (χ2n) is 6.96. The molecule has 1 aliphatic rings. The monoisotopic (exact) mass is 287 g/mol. The summed E-state index contributed by atoms with van der Waals surface area (Å²) in [4.78, 5) is 7.11. The molecular formula is C16H25N5. The number of aromatic nitrogens is 3. The first kappa shape index (κ1) is 14.5. The number of fused-ring (bicyclic) bond motifs is 1. The summed E-state index contributed by atoms with van der Waals surface area (Å²) in [6, 6.07) is 2.57. The third-order valence-electron chi connectivity index (χ3n) is 4.04. The van der Waals surface area contributed by atoms with Gasteiger partial charge in [-0.1, -0.05) is 0 Å². The molecule has 0 saturated carbocycles. The molecule has 2 aromatic rings. The number of rotatable bonds is 3. The van der Waals surface area contributed by atoms with Crippen molar-refractivity contribution in [1.29, 1.82) is 0 Å². The largest absolute Gasteiger partial charge is 0.309 e. The molecule has 0 bridgehead atoms. The normalized spacial score (nSPS) is 19.5. The second kappa shape index (κ2) is 5.39. The Bertz CT molecular complexity index is 629. The zero-order valence-corrected chi connectivity index (χ0v) is 13.4. The van der Waals surface area contributed by atoms with E-state index in [2.05, 4.69) is 54.1 Å². The highest BCUT2D eigenvalue weighted by molar-refractivity contribution is 5.75. The molecule has 3 rings (SSSR count). The third-order valence-corrected chi connectivity index (χ3v) is 4.04. The van der Waals surface area contributed by atoms with E-state index in [1.165, 1.54) is 5.56 Å². The standard InChI is InChI=1S/C16H25N5/c1-12(2)21-15-14(9-19-21)7-13(8-17-15)10-20-6-5-18-16(3,4)11-20/h7-9,12,18H,5-6,10-11H2,1-4H3. The van der Waals surface area contributed by atoms with E-state index in [0.717, 1.165) is 37.2 Å². The van der Waals surface area contributed by atoms with E-state index in [9.17, 15) is 0 Å². The summed E-state index contributed by atoms with van der Waals surface area (Å²) in [6.45, 7) is 12.9. The Balaban J connectivity index is 1.79. The maximum absolute atomic E-state index is 4.62. The second-order valence-corrected chi connectivity index (χ2v) is 6.96. The first-order valence-corrected chi connectivity index (χ1v) is 7.74. The highest BCUT2D eigenvalue weighted by Gasteiger charge is 2.25. The van der Waals surface area contributed by atoms with Crippen molar-refractivity contribution >= 4 is 11.0 Å². The molecule has 21 heavy (non-hydrogen) atoms. The van der Waals surface area contributed by atoms with Crippen molar-refractivity contribution in [3.63, 3.8) is 0 Å². The van der Waals surface area contributed by atoms with Gasteiger partial charge < -0.3 is 5.32 Å². The van der Waals surface area contributed by atoms with E-state index in [1.807, 2.05) is 17.1 Å². The van der Waals surface area contributed by atoms with Crippen LogP contribution in [-0.4, -0.2) is 44.8 Å². The van der Waals surface area contributed by atoms with Gasteiger partial charge in [-0.25, -0.2) is 9.67 Å². The molecule has 1 fully saturated rings. The molecule has 0 amide bonds. The SMILES string of the molecule is CC(C)n1ncc2cc(CN3CCNC(C)(C)C3)cnc21. The molecule has 5 nitrogen and oxygen atoms in total. The van der Waals surface area contributed by atoms with Crippen molar-refractivity contribution in [1.82, 2.24) is 25.0 Å². The van der Waals surface area contributed by atoms with Gasteiger partial charge >= 0.3 is 0 Å². The molecule has 0 aromatic carbocycles. The minimum Gasteiger partial charge on any atom is -0.309 e. The van der Waals surface area contributed by atoms with Crippen LogP contribution in [0.1, 0.15) is 39.3 Å². The molecule has 1 aliphatic heterocycles. The molecule has 3 heterocycles. The lowest BCUT2D eigenvalue weighted by Crippen LogP contribution is -2.56.